The highest BCUT2D eigenvalue weighted by molar-refractivity contribution is 6.32. The minimum Gasteiger partial charge on any atom is -0.479 e. The molecule has 0 N–H and O–H groups in total. The molecule has 0 aliphatic carbocycles. The zero-order valence-electron chi connectivity index (χ0n) is 15.2. The Labute approximate surface area is 170 Å². The fourth-order valence-corrected chi connectivity index (χ4v) is 4.18. The summed E-state index contributed by atoms with van der Waals surface area (Å²) in [6, 6.07) is 2.60. The number of amides is 1. The van der Waals surface area contributed by atoms with Crippen LogP contribution in [-0.2, 0) is 17.9 Å². The number of anilines is 1. The first-order chi connectivity index (χ1) is 13.3. The van der Waals surface area contributed by atoms with Gasteiger partial charge in [0, 0.05) is 29.8 Å². The van der Waals surface area contributed by atoms with Gasteiger partial charge >= 0.3 is 0 Å². The molecule has 2 aliphatic rings. The Morgan fingerprint density at radius 1 is 1.29 bits per heavy atom. The summed E-state index contributed by atoms with van der Waals surface area (Å²) in [5.74, 6) is -0.773. The number of halogens is 3. The Hall–Kier alpha value is -2.25. The number of carbonyl (C=O) groups is 1. The van der Waals surface area contributed by atoms with E-state index in [0.29, 0.717) is 18.8 Å². The highest BCUT2D eigenvalue weighted by atomic mass is 35.5. The number of fused-ring (bicyclic) bond motifs is 2. The molecular weight excluding hydrogens is 408 g/mol. The second kappa shape index (κ2) is 6.97. The summed E-state index contributed by atoms with van der Waals surface area (Å²) in [4.78, 5) is 26.8. The van der Waals surface area contributed by atoms with Gasteiger partial charge in [-0.25, -0.2) is 9.07 Å². The predicted octanol–water partition coefficient (Wildman–Crippen LogP) is 3.77. The SMILES string of the molecule is C=C(Cl)CN1C(=O)[C@H](C)Oc2cc(F)c(-c3c(Cl)n4n(c3=O)CCCC4)cc21. The van der Waals surface area contributed by atoms with Crippen LogP contribution in [0.5, 0.6) is 5.75 Å². The van der Waals surface area contributed by atoms with Gasteiger partial charge in [0.1, 0.15) is 16.7 Å². The molecule has 0 unspecified atom stereocenters. The van der Waals surface area contributed by atoms with Crippen molar-refractivity contribution in [1.82, 2.24) is 9.36 Å². The van der Waals surface area contributed by atoms with Gasteiger partial charge in [0.25, 0.3) is 11.5 Å². The largest absolute Gasteiger partial charge is 0.479 e. The molecule has 2 aliphatic heterocycles. The third kappa shape index (κ3) is 2.93. The summed E-state index contributed by atoms with van der Waals surface area (Å²) in [5, 5.41) is 0.435. The number of ether oxygens (including phenoxy) is 1. The third-order valence-corrected chi connectivity index (χ3v) is 5.52. The molecule has 2 aromatic rings. The van der Waals surface area contributed by atoms with E-state index < -0.39 is 11.9 Å². The topological polar surface area (TPSA) is 56.5 Å². The molecule has 0 saturated carbocycles. The van der Waals surface area contributed by atoms with Crippen molar-refractivity contribution in [1.29, 1.82) is 0 Å². The summed E-state index contributed by atoms with van der Waals surface area (Å²) in [6.07, 6.45) is 0.967. The van der Waals surface area contributed by atoms with Crippen LogP contribution in [0.25, 0.3) is 11.1 Å². The molecule has 148 valence electrons. The lowest BCUT2D eigenvalue weighted by molar-refractivity contribution is -0.125. The molecule has 0 fully saturated rings. The van der Waals surface area contributed by atoms with Gasteiger partial charge in [0.15, 0.2) is 6.10 Å². The second-order valence-electron chi connectivity index (χ2n) is 6.93. The Balaban J connectivity index is 1.91. The summed E-state index contributed by atoms with van der Waals surface area (Å²) in [6.45, 7) is 6.38. The number of nitrogens with zero attached hydrogens (tertiary/aromatic N) is 3. The molecule has 6 nitrogen and oxygen atoms in total. The van der Waals surface area contributed by atoms with Crippen LogP contribution in [0.15, 0.2) is 28.5 Å². The average Bonchev–Trinajstić information content (AvgIpc) is 2.90. The van der Waals surface area contributed by atoms with Gasteiger partial charge in [-0.3, -0.25) is 14.3 Å². The molecule has 0 radical (unpaired) electrons. The van der Waals surface area contributed by atoms with E-state index in [1.54, 1.807) is 11.6 Å². The lowest BCUT2D eigenvalue weighted by Gasteiger charge is -2.33. The number of hydrogen-bond donors (Lipinski definition) is 0. The van der Waals surface area contributed by atoms with E-state index >= 15 is 0 Å². The van der Waals surface area contributed by atoms with E-state index in [2.05, 4.69) is 6.58 Å². The van der Waals surface area contributed by atoms with Crippen molar-refractivity contribution in [3.8, 4) is 16.9 Å². The normalized spacial score (nSPS) is 18.5. The number of hydrogen-bond acceptors (Lipinski definition) is 3. The Kier molecular flexibility index (Phi) is 4.75. The highest BCUT2D eigenvalue weighted by Gasteiger charge is 2.34. The van der Waals surface area contributed by atoms with Gasteiger partial charge in [-0.2, -0.15) is 0 Å². The van der Waals surface area contributed by atoms with Crippen LogP contribution < -0.4 is 15.2 Å². The van der Waals surface area contributed by atoms with Crippen LogP contribution >= 0.6 is 23.2 Å². The minimum atomic E-state index is -0.787. The molecule has 4 rings (SSSR count). The predicted molar refractivity (Wildman–Crippen MR) is 106 cm³/mol. The fraction of sp³-hybridized carbons (Fsp3) is 0.368. The van der Waals surface area contributed by atoms with Crippen LogP contribution in [0, 0.1) is 5.82 Å². The van der Waals surface area contributed by atoms with E-state index in [1.807, 2.05) is 0 Å². The van der Waals surface area contributed by atoms with E-state index in [1.165, 1.54) is 21.7 Å². The van der Waals surface area contributed by atoms with Gasteiger partial charge in [0.2, 0.25) is 0 Å². The maximum atomic E-state index is 15.0. The van der Waals surface area contributed by atoms with Crippen LogP contribution in [0.4, 0.5) is 10.1 Å². The third-order valence-electron chi connectivity index (χ3n) is 5.02. The first-order valence-electron chi connectivity index (χ1n) is 8.94. The molecule has 28 heavy (non-hydrogen) atoms. The quantitative estimate of drug-likeness (QED) is 0.751. The Morgan fingerprint density at radius 2 is 1.96 bits per heavy atom. The van der Waals surface area contributed by atoms with Crippen molar-refractivity contribution >= 4 is 34.8 Å². The Bertz CT molecular complexity index is 1060. The number of aromatic nitrogens is 2. The maximum absolute atomic E-state index is 15.0. The summed E-state index contributed by atoms with van der Waals surface area (Å²) >= 11 is 12.4. The lowest BCUT2D eigenvalue weighted by atomic mass is 10.0. The molecule has 1 amide bonds. The second-order valence-corrected chi connectivity index (χ2v) is 7.82. The summed E-state index contributed by atoms with van der Waals surface area (Å²) in [5.41, 5.74) is 0.0816. The molecule has 0 bridgehead atoms. The van der Waals surface area contributed by atoms with Crippen LogP contribution in [0.1, 0.15) is 19.8 Å². The number of carbonyl (C=O) groups excluding carboxylic acids is 1. The van der Waals surface area contributed by atoms with Crippen molar-refractivity contribution < 1.29 is 13.9 Å². The highest BCUT2D eigenvalue weighted by Crippen LogP contribution is 2.40. The molecule has 9 heteroatoms. The van der Waals surface area contributed by atoms with Gasteiger partial charge in [-0.15, -0.1) is 0 Å². The maximum Gasteiger partial charge on any atom is 0.276 e. The zero-order chi connectivity index (χ0) is 20.2. The molecular formula is C19H18Cl2FN3O3. The first-order valence-corrected chi connectivity index (χ1v) is 9.69. The van der Waals surface area contributed by atoms with Crippen LogP contribution in [-0.4, -0.2) is 27.9 Å². The lowest BCUT2D eigenvalue weighted by Crippen LogP contribution is -2.45. The van der Waals surface area contributed by atoms with Crippen LogP contribution in [0.3, 0.4) is 0 Å². The van der Waals surface area contributed by atoms with E-state index in [4.69, 9.17) is 27.9 Å². The molecule has 0 spiro atoms. The smallest absolute Gasteiger partial charge is 0.276 e. The van der Waals surface area contributed by atoms with Crippen molar-refractivity contribution in [2.75, 3.05) is 11.4 Å². The molecule has 3 heterocycles. The Morgan fingerprint density at radius 3 is 2.61 bits per heavy atom. The number of rotatable bonds is 3. The van der Waals surface area contributed by atoms with Crippen molar-refractivity contribution in [3.05, 3.63) is 45.1 Å². The van der Waals surface area contributed by atoms with E-state index in [-0.39, 0.29) is 45.1 Å². The summed E-state index contributed by atoms with van der Waals surface area (Å²) < 4.78 is 23.7. The van der Waals surface area contributed by atoms with Crippen LogP contribution in [0.2, 0.25) is 5.15 Å². The monoisotopic (exact) mass is 425 g/mol. The van der Waals surface area contributed by atoms with E-state index in [9.17, 15) is 14.0 Å². The van der Waals surface area contributed by atoms with Gasteiger partial charge in [-0.05, 0) is 25.8 Å². The van der Waals surface area contributed by atoms with Gasteiger partial charge < -0.3 is 9.64 Å². The standard InChI is InChI=1S/C19H18Cl2FN3O3/c1-10(20)9-23-14-7-12(13(22)8-15(14)28-11(2)18(23)26)16-17(21)24-5-3-4-6-25(24)19(16)27/h7-8,11H,1,3-6,9H2,2H3/t11-/m0/s1. The molecule has 1 aromatic heterocycles. The zero-order valence-corrected chi connectivity index (χ0v) is 16.7. The fourth-order valence-electron chi connectivity index (χ4n) is 3.71. The minimum absolute atomic E-state index is 0.0271. The number of benzene rings is 1. The van der Waals surface area contributed by atoms with Crippen molar-refractivity contribution in [2.45, 2.75) is 39.0 Å². The van der Waals surface area contributed by atoms with E-state index in [0.717, 1.165) is 12.8 Å². The van der Waals surface area contributed by atoms with Crippen molar-refractivity contribution in [3.63, 3.8) is 0 Å². The van der Waals surface area contributed by atoms with Gasteiger partial charge in [-0.1, -0.05) is 29.8 Å². The summed E-state index contributed by atoms with van der Waals surface area (Å²) in [7, 11) is 0. The molecule has 0 saturated heterocycles. The average molecular weight is 426 g/mol. The van der Waals surface area contributed by atoms with Gasteiger partial charge in [0.05, 0.1) is 17.8 Å². The van der Waals surface area contributed by atoms with Crippen molar-refractivity contribution in [2.24, 2.45) is 0 Å². The molecule has 1 atom stereocenters. The molecule has 1 aromatic carbocycles. The first kappa shape index (κ1) is 19.1.